The van der Waals surface area contributed by atoms with Crippen molar-refractivity contribution in [3.8, 4) is 11.5 Å². The highest BCUT2D eigenvalue weighted by atomic mass is 16.5. The summed E-state index contributed by atoms with van der Waals surface area (Å²) in [6.07, 6.45) is 6.88. The number of carbonyl (C=O) groups excluding carboxylic acids is 1. The minimum Gasteiger partial charge on any atom is -0.493 e. The highest BCUT2D eigenvalue weighted by Crippen LogP contribution is 2.37. The van der Waals surface area contributed by atoms with E-state index in [2.05, 4.69) is 9.97 Å². The van der Waals surface area contributed by atoms with E-state index >= 15 is 0 Å². The molecule has 1 amide bonds. The Balaban J connectivity index is 1.53. The van der Waals surface area contributed by atoms with Crippen LogP contribution in [-0.2, 0) is 4.79 Å². The van der Waals surface area contributed by atoms with E-state index in [-0.39, 0.29) is 11.9 Å². The van der Waals surface area contributed by atoms with Gasteiger partial charge in [-0.3, -0.25) is 9.78 Å². The van der Waals surface area contributed by atoms with E-state index < -0.39 is 0 Å². The Bertz CT molecular complexity index is 1060. The van der Waals surface area contributed by atoms with Gasteiger partial charge in [0.2, 0.25) is 5.91 Å². The molecule has 1 aromatic heterocycles. The normalized spacial score (nSPS) is 16.5. The maximum atomic E-state index is 12.9. The van der Waals surface area contributed by atoms with Gasteiger partial charge in [0.1, 0.15) is 0 Å². The Morgan fingerprint density at radius 2 is 1.90 bits per heavy atom. The van der Waals surface area contributed by atoms with Crippen molar-refractivity contribution in [2.45, 2.75) is 18.9 Å². The van der Waals surface area contributed by atoms with Crippen LogP contribution >= 0.6 is 0 Å². The predicted molar refractivity (Wildman–Crippen MR) is 112 cm³/mol. The molecule has 3 aromatic rings. The van der Waals surface area contributed by atoms with Gasteiger partial charge in [0.25, 0.3) is 0 Å². The average molecular weight is 389 g/mol. The molecule has 1 unspecified atom stereocenters. The summed E-state index contributed by atoms with van der Waals surface area (Å²) in [5, 5.41) is 0. The van der Waals surface area contributed by atoms with Gasteiger partial charge in [-0.2, -0.15) is 0 Å². The van der Waals surface area contributed by atoms with E-state index in [1.54, 1.807) is 32.6 Å². The number of carbonyl (C=O) groups is 1. The van der Waals surface area contributed by atoms with E-state index in [1.807, 2.05) is 47.4 Å². The van der Waals surface area contributed by atoms with Crippen LogP contribution in [0.5, 0.6) is 11.5 Å². The van der Waals surface area contributed by atoms with Gasteiger partial charge in [-0.25, -0.2) is 4.98 Å². The second-order valence-corrected chi connectivity index (χ2v) is 6.92. The number of rotatable bonds is 5. The molecule has 4 rings (SSSR count). The van der Waals surface area contributed by atoms with Crippen molar-refractivity contribution in [3.63, 3.8) is 0 Å². The molecule has 0 aliphatic carbocycles. The fourth-order valence-electron chi connectivity index (χ4n) is 3.74. The summed E-state index contributed by atoms with van der Waals surface area (Å²) in [5.41, 5.74) is 3.36. The van der Waals surface area contributed by atoms with Crippen LogP contribution in [0, 0.1) is 0 Å². The quantitative estimate of drug-likeness (QED) is 0.617. The molecule has 0 spiro atoms. The highest BCUT2D eigenvalue weighted by Gasteiger charge is 2.29. The first-order chi connectivity index (χ1) is 14.2. The van der Waals surface area contributed by atoms with Crippen LogP contribution in [0.1, 0.15) is 30.1 Å². The number of nitrogens with zero attached hydrogens (tertiary/aromatic N) is 3. The smallest absolute Gasteiger partial charge is 0.247 e. The Morgan fingerprint density at radius 3 is 2.69 bits per heavy atom. The van der Waals surface area contributed by atoms with Crippen LogP contribution in [0.25, 0.3) is 17.1 Å². The molecule has 2 aromatic carbocycles. The molecule has 1 aliphatic heterocycles. The summed E-state index contributed by atoms with van der Waals surface area (Å²) in [6, 6.07) is 13.5. The third-order valence-electron chi connectivity index (χ3n) is 5.19. The third kappa shape index (κ3) is 3.92. The van der Waals surface area contributed by atoms with E-state index in [0.717, 1.165) is 36.0 Å². The maximum Gasteiger partial charge on any atom is 0.247 e. The van der Waals surface area contributed by atoms with Gasteiger partial charge in [0.15, 0.2) is 11.5 Å². The molecule has 0 radical (unpaired) electrons. The van der Waals surface area contributed by atoms with E-state index in [0.29, 0.717) is 17.2 Å². The lowest BCUT2D eigenvalue weighted by molar-refractivity contribution is -0.126. The second kappa shape index (κ2) is 8.31. The van der Waals surface area contributed by atoms with Crippen LogP contribution in [0.4, 0.5) is 0 Å². The topological polar surface area (TPSA) is 64.5 Å². The van der Waals surface area contributed by atoms with Crippen molar-refractivity contribution in [1.82, 2.24) is 14.9 Å². The number of para-hydroxylation sites is 2. The Labute approximate surface area is 169 Å². The molecule has 1 aliphatic rings. The molecule has 6 heteroatoms. The average Bonchev–Trinajstić information content (AvgIpc) is 3.27. The van der Waals surface area contributed by atoms with Crippen molar-refractivity contribution >= 4 is 23.0 Å². The molecule has 0 bridgehead atoms. The minimum absolute atomic E-state index is 0.0228. The molecular formula is C23H23N3O3. The summed E-state index contributed by atoms with van der Waals surface area (Å²) >= 11 is 0. The number of hydrogen-bond donors (Lipinski definition) is 0. The fourth-order valence-corrected chi connectivity index (χ4v) is 3.74. The standard InChI is InChI=1S/C23H23N3O3/c1-28-21-11-9-16(14-22(21)29-2)20-8-5-13-26(20)23(27)12-10-17-15-24-18-6-3-4-7-19(18)25-17/h3-4,6-7,9-12,14-15,20H,5,8,13H2,1-2H3/b12-10+. The first-order valence-corrected chi connectivity index (χ1v) is 9.62. The summed E-state index contributed by atoms with van der Waals surface area (Å²) in [7, 11) is 3.23. The van der Waals surface area contributed by atoms with Gasteiger partial charge in [-0.05, 0) is 48.7 Å². The number of methoxy groups -OCH3 is 2. The first kappa shape index (κ1) is 18.9. The number of ether oxygens (including phenoxy) is 2. The summed E-state index contributed by atoms with van der Waals surface area (Å²) in [4.78, 5) is 23.7. The minimum atomic E-state index is -0.0303. The second-order valence-electron chi connectivity index (χ2n) is 6.92. The number of amides is 1. The monoisotopic (exact) mass is 389 g/mol. The molecule has 1 saturated heterocycles. The van der Waals surface area contributed by atoms with Crippen molar-refractivity contribution in [3.05, 3.63) is 66.0 Å². The fraction of sp³-hybridized carbons (Fsp3) is 0.261. The molecule has 0 saturated carbocycles. The number of fused-ring (bicyclic) bond motifs is 1. The Kier molecular flexibility index (Phi) is 5.42. The molecular weight excluding hydrogens is 366 g/mol. The van der Waals surface area contributed by atoms with E-state index in [4.69, 9.17) is 9.47 Å². The molecule has 2 heterocycles. The lowest BCUT2D eigenvalue weighted by atomic mass is 10.0. The molecule has 0 N–H and O–H groups in total. The van der Waals surface area contributed by atoms with Gasteiger partial charge in [0.05, 0.1) is 43.2 Å². The van der Waals surface area contributed by atoms with Gasteiger partial charge >= 0.3 is 0 Å². The molecule has 1 atom stereocenters. The lowest BCUT2D eigenvalue weighted by Gasteiger charge is -2.24. The first-order valence-electron chi connectivity index (χ1n) is 9.62. The highest BCUT2D eigenvalue weighted by molar-refractivity contribution is 5.92. The third-order valence-corrected chi connectivity index (χ3v) is 5.19. The summed E-state index contributed by atoms with van der Waals surface area (Å²) < 4.78 is 10.7. The van der Waals surface area contributed by atoms with Crippen LogP contribution in [0.2, 0.25) is 0 Å². The van der Waals surface area contributed by atoms with Gasteiger partial charge in [-0.1, -0.05) is 18.2 Å². The zero-order valence-corrected chi connectivity index (χ0v) is 16.5. The Morgan fingerprint density at radius 1 is 1.10 bits per heavy atom. The van der Waals surface area contributed by atoms with Crippen molar-refractivity contribution in [1.29, 1.82) is 0 Å². The van der Waals surface area contributed by atoms with Crippen LogP contribution in [-0.4, -0.2) is 41.5 Å². The van der Waals surface area contributed by atoms with Gasteiger partial charge in [-0.15, -0.1) is 0 Å². The SMILES string of the molecule is COc1ccc(C2CCCN2C(=O)/C=C/c2cnc3ccccc3n2)cc1OC. The van der Waals surface area contributed by atoms with Gasteiger partial charge < -0.3 is 14.4 Å². The molecule has 29 heavy (non-hydrogen) atoms. The van der Waals surface area contributed by atoms with Crippen LogP contribution in [0.3, 0.4) is 0 Å². The predicted octanol–water partition coefficient (Wildman–Crippen LogP) is 4.02. The Hall–Kier alpha value is -3.41. The number of benzene rings is 2. The van der Waals surface area contributed by atoms with Crippen molar-refractivity contribution < 1.29 is 14.3 Å². The number of likely N-dealkylation sites (tertiary alicyclic amines) is 1. The molecule has 148 valence electrons. The van der Waals surface area contributed by atoms with Crippen molar-refractivity contribution in [2.75, 3.05) is 20.8 Å². The molecule has 6 nitrogen and oxygen atoms in total. The van der Waals surface area contributed by atoms with Gasteiger partial charge in [0, 0.05) is 12.6 Å². The number of hydrogen-bond acceptors (Lipinski definition) is 5. The zero-order valence-electron chi connectivity index (χ0n) is 16.5. The summed E-state index contributed by atoms with van der Waals surface area (Å²) in [6.45, 7) is 0.728. The largest absolute Gasteiger partial charge is 0.493 e. The number of aromatic nitrogens is 2. The maximum absolute atomic E-state index is 12.9. The van der Waals surface area contributed by atoms with Crippen LogP contribution in [0.15, 0.2) is 54.7 Å². The van der Waals surface area contributed by atoms with Crippen LogP contribution < -0.4 is 9.47 Å². The molecule has 1 fully saturated rings. The zero-order chi connectivity index (χ0) is 20.2. The van der Waals surface area contributed by atoms with E-state index in [9.17, 15) is 4.79 Å². The summed E-state index contributed by atoms with van der Waals surface area (Å²) in [5.74, 6) is 1.32. The van der Waals surface area contributed by atoms with Crippen molar-refractivity contribution in [2.24, 2.45) is 0 Å². The van der Waals surface area contributed by atoms with E-state index in [1.165, 1.54) is 0 Å². The lowest BCUT2D eigenvalue weighted by Crippen LogP contribution is -2.28.